The van der Waals surface area contributed by atoms with Gasteiger partial charge in [0.05, 0.1) is 0 Å². The van der Waals surface area contributed by atoms with Crippen molar-refractivity contribution in [1.82, 2.24) is 0 Å². The molecule has 16 heavy (non-hydrogen) atoms. The largest absolute Gasteiger partial charge is 0.423 e. The summed E-state index contributed by atoms with van der Waals surface area (Å²) in [7, 11) is 0. The minimum Gasteiger partial charge on any atom is -0.423 e. The molecule has 2 rings (SSSR count). The zero-order valence-electron chi connectivity index (χ0n) is 9.91. The van der Waals surface area contributed by atoms with Crippen LogP contribution in [0.2, 0.25) is 0 Å². The Morgan fingerprint density at radius 2 is 1.94 bits per heavy atom. The van der Waals surface area contributed by atoms with Gasteiger partial charge in [0, 0.05) is 10.9 Å². The van der Waals surface area contributed by atoms with Crippen LogP contribution in [-0.2, 0) is 6.42 Å². The predicted molar refractivity (Wildman–Crippen MR) is 65.8 cm³/mol. The second-order valence-corrected chi connectivity index (χ2v) is 4.59. The summed E-state index contributed by atoms with van der Waals surface area (Å²) in [6.07, 6.45) is 0.777. The summed E-state index contributed by atoms with van der Waals surface area (Å²) in [6.45, 7) is 6.21. The lowest BCUT2D eigenvalue weighted by Gasteiger charge is -2.09. The molecule has 0 aliphatic carbocycles. The molecular formula is C14H16O2. The predicted octanol–water partition coefficient (Wildman–Crippen LogP) is 3.30. The van der Waals surface area contributed by atoms with Crippen LogP contribution < -0.4 is 5.63 Å². The fourth-order valence-corrected chi connectivity index (χ4v) is 1.99. The van der Waals surface area contributed by atoms with E-state index in [2.05, 4.69) is 13.8 Å². The summed E-state index contributed by atoms with van der Waals surface area (Å²) in [5, 5.41) is 1.04. The highest BCUT2D eigenvalue weighted by Gasteiger charge is 2.11. The number of hydrogen-bond donors (Lipinski definition) is 0. The van der Waals surface area contributed by atoms with Crippen molar-refractivity contribution in [3.63, 3.8) is 0 Å². The SMILES string of the molecule is Cc1c(CC(C)C)c(=O)oc2ccccc12. The maximum absolute atomic E-state index is 11.8. The minimum atomic E-state index is -0.190. The first kappa shape index (κ1) is 10.9. The Morgan fingerprint density at radius 1 is 1.25 bits per heavy atom. The molecule has 2 heteroatoms. The van der Waals surface area contributed by atoms with Gasteiger partial charge in [-0.05, 0) is 30.9 Å². The Balaban J connectivity index is 2.71. The van der Waals surface area contributed by atoms with Gasteiger partial charge in [0.15, 0.2) is 0 Å². The van der Waals surface area contributed by atoms with Gasteiger partial charge < -0.3 is 4.42 Å². The molecule has 1 heterocycles. The molecule has 84 valence electrons. The summed E-state index contributed by atoms with van der Waals surface area (Å²) in [5.41, 5.74) is 2.36. The van der Waals surface area contributed by atoms with Gasteiger partial charge in [-0.2, -0.15) is 0 Å². The monoisotopic (exact) mass is 216 g/mol. The Hall–Kier alpha value is -1.57. The molecule has 1 aromatic heterocycles. The highest BCUT2D eigenvalue weighted by molar-refractivity contribution is 5.80. The van der Waals surface area contributed by atoms with Crippen molar-refractivity contribution in [3.8, 4) is 0 Å². The first-order chi connectivity index (χ1) is 7.59. The van der Waals surface area contributed by atoms with E-state index in [4.69, 9.17) is 4.42 Å². The van der Waals surface area contributed by atoms with Crippen molar-refractivity contribution in [2.45, 2.75) is 27.2 Å². The Bertz CT molecular complexity index is 564. The fraction of sp³-hybridized carbons (Fsp3) is 0.357. The van der Waals surface area contributed by atoms with Gasteiger partial charge in [-0.15, -0.1) is 0 Å². The smallest absolute Gasteiger partial charge is 0.339 e. The van der Waals surface area contributed by atoms with E-state index >= 15 is 0 Å². The second kappa shape index (κ2) is 4.12. The molecule has 2 aromatic rings. The first-order valence-corrected chi connectivity index (χ1v) is 5.61. The van der Waals surface area contributed by atoms with E-state index in [1.165, 1.54) is 0 Å². The van der Waals surface area contributed by atoms with Gasteiger partial charge in [0.1, 0.15) is 5.58 Å². The van der Waals surface area contributed by atoms with Crippen molar-refractivity contribution >= 4 is 11.0 Å². The molecule has 0 fully saturated rings. The lowest BCUT2D eigenvalue weighted by atomic mass is 9.98. The van der Waals surface area contributed by atoms with Crippen molar-refractivity contribution in [3.05, 3.63) is 45.8 Å². The third-order valence-electron chi connectivity index (χ3n) is 2.81. The highest BCUT2D eigenvalue weighted by atomic mass is 16.4. The zero-order valence-corrected chi connectivity index (χ0v) is 9.91. The average molecular weight is 216 g/mol. The number of aryl methyl sites for hydroxylation is 1. The van der Waals surface area contributed by atoms with Crippen LogP contribution in [0.1, 0.15) is 25.0 Å². The molecule has 0 saturated heterocycles. The number of benzene rings is 1. The van der Waals surface area contributed by atoms with Crippen LogP contribution >= 0.6 is 0 Å². The summed E-state index contributed by atoms with van der Waals surface area (Å²) in [5.74, 6) is 0.461. The lowest BCUT2D eigenvalue weighted by Crippen LogP contribution is -2.12. The number of rotatable bonds is 2. The van der Waals surface area contributed by atoms with E-state index in [-0.39, 0.29) is 5.63 Å². The van der Waals surface area contributed by atoms with Gasteiger partial charge in [0.25, 0.3) is 0 Å². The van der Waals surface area contributed by atoms with Gasteiger partial charge in [-0.3, -0.25) is 0 Å². The quantitative estimate of drug-likeness (QED) is 0.721. The van der Waals surface area contributed by atoms with Crippen molar-refractivity contribution in [2.24, 2.45) is 5.92 Å². The molecule has 0 aliphatic rings. The molecule has 0 atom stereocenters. The third kappa shape index (κ3) is 1.87. The van der Waals surface area contributed by atoms with Crippen LogP contribution in [0.4, 0.5) is 0 Å². The minimum absolute atomic E-state index is 0.190. The van der Waals surface area contributed by atoms with E-state index in [9.17, 15) is 4.79 Å². The summed E-state index contributed by atoms with van der Waals surface area (Å²) in [4.78, 5) is 11.8. The van der Waals surface area contributed by atoms with Gasteiger partial charge >= 0.3 is 5.63 Å². The van der Waals surface area contributed by atoms with Crippen LogP contribution in [-0.4, -0.2) is 0 Å². The number of fused-ring (bicyclic) bond motifs is 1. The Morgan fingerprint density at radius 3 is 2.62 bits per heavy atom. The molecule has 0 bridgehead atoms. The van der Waals surface area contributed by atoms with E-state index in [1.54, 1.807) is 0 Å². The molecule has 0 N–H and O–H groups in total. The normalized spacial score (nSPS) is 11.2. The fourth-order valence-electron chi connectivity index (χ4n) is 1.99. The summed E-state index contributed by atoms with van der Waals surface area (Å²) in [6, 6.07) is 7.68. The van der Waals surface area contributed by atoms with Gasteiger partial charge in [0.2, 0.25) is 0 Å². The van der Waals surface area contributed by atoms with Crippen LogP contribution in [0.5, 0.6) is 0 Å². The van der Waals surface area contributed by atoms with Crippen molar-refractivity contribution < 1.29 is 4.42 Å². The topological polar surface area (TPSA) is 30.2 Å². The molecule has 0 aliphatic heterocycles. The van der Waals surface area contributed by atoms with Crippen LogP contribution in [0.3, 0.4) is 0 Å². The summed E-state index contributed by atoms with van der Waals surface area (Å²) >= 11 is 0. The zero-order chi connectivity index (χ0) is 11.7. The van der Waals surface area contributed by atoms with Crippen LogP contribution in [0.25, 0.3) is 11.0 Å². The number of hydrogen-bond acceptors (Lipinski definition) is 2. The maximum Gasteiger partial charge on any atom is 0.339 e. The molecule has 1 aromatic carbocycles. The second-order valence-electron chi connectivity index (χ2n) is 4.59. The molecule has 0 spiro atoms. The van der Waals surface area contributed by atoms with Crippen molar-refractivity contribution in [1.29, 1.82) is 0 Å². The standard InChI is InChI=1S/C14H16O2/c1-9(2)8-12-10(3)11-6-4-5-7-13(11)16-14(12)15/h4-7,9H,8H2,1-3H3. The first-order valence-electron chi connectivity index (χ1n) is 5.61. The lowest BCUT2D eigenvalue weighted by molar-refractivity contribution is 0.533. The average Bonchev–Trinajstić information content (AvgIpc) is 2.24. The molecule has 0 saturated carbocycles. The van der Waals surface area contributed by atoms with Crippen molar-refractivity contribution in [2.75, 3.05) is 0 Å². The molecule has 0 unspecified atom stereocenters. The Labute approximate surface area is 94.9 Å². The molecular weight excluding hydrogens is 200 g/mol. The van der Waals surface area contributed by atoms with E-state index in [0.29, 0.717) is 11.5 Å². The van der Waals surface area contributed by atoms with Crippen LogP contribution in [0.15, 0.2) is 33.5 Å². The molecule has 2 nitrogen and oxygen atoms in total. The Kier molecular flexibility index (Phi) is 2.82. The maximum atomic E-state index is 11.8. The molecule has 0 amide bonds. The van der Waals surface area contributed by atoms with Crippen LogP contribution in [0, 0.1) is 12.8 Å². The van der Waals surface area contributed by atoms with E-state index in [0.717, 1.165) is 22.9 Å². The third-order valence-corrected chi connectivity index (χ3v) is 2.81. The molecule has 0 radical (unpaired) electrons. The summed E-state index contributed by atoms with van der Waals surface area (Å²) < 4.78 is 5.32. The van der Waals surface area contributed by atoms with Gasteiger partial charge in [-0.1, -0.05) is 32.0 Å². The highest BCUT2D eigenvalue weighted by Crippen LogP contribution is 2.20. The van der Waals surface area contributed by atoms with E-state index < -0.39 is 0 Å². The number of para-hydroxylation sites is 1. The van der Waals surface area contributed by atoms with E-state index in [1.807, 2.05) is 31.2 Å². The van der Waals surface area contributed by atoms with Gasteiger partial charge in [-0.25, -0.2) is 4.79 Å².